The molecule has 1 saturated heterocycles. The average molecular weight is 428 g/mol. The van der Waals surface area contributed by atoms with Gasteiger partial charge in [-0.2, -0.15) is 0 Å². The zero-order valence-corrected chi connectivity index (χ0v) is 17.2. The van der Waals surface area contributed by atoms with Crippen LogP contribution in [0.4, 0.5) is 5.69 Å². The summed E-state index contributed by atoms with van der Waals surface area (Å²) < 4.78 is 2.08. The van der Waals surface area contributed by atoms with Gasteiger partial charge in [-0.15, -0.1) is 0 Å². The Morgan fingerprint density at radius 1 is 0.871 bits per heavy atom. The summed E-state index contributed by atoms with van der Waals surface area (Å²) in [4.78, 5) is 25.5. The molecule has 5 rings (SSSR count). The van der Waals surface area contributed by atoms with E-state index in [-0.39, 0.29) is 11.5 Å². The summed E-state index contributed by atoms with van der Waals surface area (Å²) in [5.41, 5.74) is 6.16. The molecule has 0 aliphatic carbocycles. The van der Waals surface area contributed by atoms with Gasteiger partial charge in [-0.1, -0.05) is 66.2 Å². The molecule has 152 valence electrons. The van der Waals surface area contributed by atoms with Gasteiger partial charge in [-0.3, -0.25) is 15.0 Å². The number of hydrogen-bond donors (Lipinski definition) is 1. The molecule has 0 radical (unpaired) electrons. The van der Waals surface area contributed by atoms with Crippen molar-refractivity contribution in [3.8, 4) is 0 Å². The molecule has 1 fully saturated rings. The van der Waals surface area contributed by atoms with Gasteiger partial charge in [0.15, 0.2) is 0 Å². The van der Waals surface area contributed by atoms with Crippen LogP contribution in [0.3, 0.4) is 0 Å². The molecular weight excluding hydrogens is 410 g/mol. The van der Waals surface area contributed by atoms with Crippen molar-refractivity contribution in [1.82, 2.24) is 9.99 Å². The number of aromatic nitrogens is 1. The second-order valence-electron chi connectivity index (χ2n) is 7.30. The Bertz CT molecular complexity index is 1340. The van der Waals surface area contributed by atoms with Gasteiger partial charge in [0.1, 0.15) is 5.57 Å². The standard InChI is InChI=1S/C25H18ClN3O2/c26-22-12-6-4-8-17(22)15-28-16-18(20-11-5-7-13-23(20)28)14-21-24(30)27-29(25(21)31)19-9-2-1-3-10-19/h1-14,16H,15H2,(H,27,30)/b21-14-. The maximum atomic E-state index is 12.9. The summed E-state index contributed by atoms with van der Waals surface area (Å²) >= 11 is 6.35. The molecule has 2 heterocycles. The number of carbonyl (C=O) groups excluding carboxylic acids is 2. The molecule has 0 saturated carbocycles. The highest BCUT2D eigenvalue weighted by Gasteiger charge is 2.34. The minimum absolute atomic E-state index is 0.101. The first-order valence-electron chi connectivity index (χ1n) is 9.85. The second kappa shape index (κ2) is 7.78. The largest absolute Gasteiger partial charge is 0.342 e. The molecule has 1 aromatic heterocycles. The van der Waals surface area contributed by atoms with E-state index in [0.29, 0.717) is 17.3 Å². The third-order valence-electron chi connectivity index (χ3n) is 5.32. The number of benzene rings is 3. The van der Waals surface area contributed by atoms with Gasteiger partial charge in [0, 0.05) is 34.2 Å². The molecule has 1 aliphatic heterocycles. The summed E-state index contributed by atoms with van der Waals surface area (Å²) in [6.07, 6.45) is 3.61. The Kier molecular flexibility index (Phi) is 4.81. The Hall–Kier alpha value is -3.83. The van der Waals surface area contributed by atoms with E-state index in [2.05, 4.69) is 9.99 Å². The summed E-state index contributed by atoms with van der Waals surface area (Å²) in [5, 5.41) is 2.93. The maximum absolute atomic E-state index is 12.9. The Balaban J connectivity index is 1.55. The Labute approximate surface area is 184 Å². The zero-order chi connectivity index (χ0) is 21.4. The van der Waals surface area contributed by atoms with E-state index in [1.165, 1.54) is 5.01 Å². The highest BCUT2D eigenvalue weighted by molar-refractivity contribution is 6.32. The summed E-state index contributed by atoms with van der Waals surface area (Å²) in [6.45, 7) is 0.583. The minimum Gasteiger partial charge on any atom is -0.342 e. The lowest BCUT2D eigenvalue weighted by Gasteiger charge is -2.13. The molecule has 31 heavy (non-hydrogen) atoms. The third-order valence-corrected chi connectivity index (χ3v) is 5.69. The summed E-state index contributed by atoms with van der Waals surface area (Å²) in [7, 11) is 0. The van der Waals surface area contributed by atoms with Crippen molar-refractivity contribution in [3.05, 3.63) is 107 Å². The molecule has 0 spiro atoms. The van der Waals surface area contributed by atoms with Crippen LogP contribution in [0.2, 0.25) is 5.02 Å². The number of amides is 2. The van der Waals surface area contributed by atoms with Gasteiger partial charge < -0.3 is 4.57 Å². The molecular formula is C25H18ClN3O2. The van der Waals surface area contributed by atoms with Crippen LogP contribution >= 0.6 is 11.6 Å². The number of para-hydroxylation sites is 2. The molecule has 0 atom stereocenters. The molecule has 0 bridgehead atoms. The average Bonchev–Trinajstić information content (AvgIpc) is 3.28. The smallest absolute Gasteiger partial charge is 0.282 e. The van der Waals surface area contributed by atoms with E-state index in [0.717, 1.165) is 22.0 Å². The molecule has 1 N–H and O–H groups in total. The number of nitrogens with zero attached hydrogens (tertiary/aromatic N) is 2. The number of hydrogen-bond acceptors (Lipinski definition) is 2. The van der Waals surface area contributed by atoms with E-state index >= 15 is 0 Å². The van der Waals surface area contributed by atoms with Gasteiger partial charge >= 0.3 is 0 Å². The van der Waals surface area contributed by atoms with Gasteiger partial charge in [0.25, 0.3) is 11.8 Å². The molecule has 6 heteroatoms. The summed E-state index contributed by atoms with van der Waals surface area (Å²) in [5.74, 6) is -0.795. The zero-order valence-electron chi connectivity index (χ0n) is 16.5. The molecule has 1 aliphatic rings. The first-order valence-corrected chi connectivity index (χ1v) is 10.2. The van der Waals surface area contributed by atoms with Crippen LogP contribution in [-0.2, 0) is 16.1 Å². The lowest BCUT2D eigenvalue weighted by molar-refractivity contribution is -0.117. The van der Waals surface area contributed by atoms with Gasteiger partial charge in [-0.25, -0.2) is 5.01 Å². The van der Waals surface area contributed by atoms with Crippen molar-refractivity contribution in [2.75, 3.05) is 5.01 Å². The first-order chi connectivity index (χ1) is 15.1. The Morgan fingerprint density at radius 2 is 1.58 bits per heavy atom. The van der Waals surface area contributed by atoms with Crippen LogP contribution in [0.1, 0.15) is 11.1 Å². The van der Waals surface area contributed by atoms with Crippen molar-refractivity contribution in [3.63, 3.8) is 0 Å². The highest BCUT2D eigenvalue weighted by atomic mass is 35.5. The third kappa shape index (κ3) is 3.49. The number of rotatable bonds is 4. The Morgan fingerprint density at radius 3 is 2.39 bits per heavy atom. The lowest BCUT2D eigenvalue weighted by Crippen LogP contribution is -2.35. The molecule has 4 aromatic rings. The fourth-order valence-corrected chi connectivity index (χ4v) is 4.00. The molecule has 0 unspecified atom stereocenters. The minimum atomic E-state index is -0.420. The molecule has 5 nitrogen and oxygen atoms in total. The predicted molar refractivity (Wildman–Crippen MR) is 123 cm³/mol. The van der Waals surface area contributed by atoms with Crippen molar-refractivity contribution >= 4 is 46.1 Å². The number of halogens is 1. The van der Waals surface area contributed by atoms with Crippen LogP contribution in [0.25, 0.3) is 17.0 Å². The monoisotopic (exact) mass is 427 g/mol. The highest BCUT2D eigenvalue weighted by Crippen LogP contribution is 2.28. The van der Waals surface area contributed by atoms with Crippen LogP contribution in [0, 0.1) is 0 Å². The topological polar surface area (TPSA) is 54.3 Å². The molecule has 3 aromatic carbocycles. The van der Waals surface area contributed by atoms with Gasteiger partial charge in [0.2, 0.25) is 0 Å². The van der Waals surface area contributed by atoms with E-state index in [4.69, 9.17) is 11.6 Å². The maximum Gasteiger partial charge on any atom is 0.282 e. The first kappa shape index (κ1) is 19.2. The second-order valence-corrected chi connectivity index (χ2v) is 7.70. The number of carbonyl (C=O) groups is 2. The van der Waals surface area contributed by atoms with Crippen LogP contribution in [0.5, 0.6) is 0 Å². The van der Waals surface area contributed by atoms with Crippen LogP contribution in [-0.4, -0.2) is 16.4 Å². The predicted octanol–water partition coefficient (Wildman–Crippen LogP) is 4.80. The van der Waals surface area contributed by atoms with E-state index < -0.39 is 5.91 Å². The van der Waals surface area contributed by atoms with Crippen LogP contribution in [0.15, 0.2) is 90.6 Å². The van der Waals surface area contributed by atoms with E-state index in [9.17, 15) is 9.59 Å². The summed E-state index contributed by atoms with van der Waals surface area (Å²) in [6, 6.07) is 24.7. The van der Waals surface area contributed by atoms with E-state index in [1.54, 1.807) is 18.2 Å². The van der Waals surface area contributed by atoms with Crippen molar-refractivity contribution < 1.29 is 9.59 Å². The van der Waals surface area contributed by atoms with Crippen molar-refractivity contribution in [1.29, 1.82) is 0 Å². The molecule has 2 amide bonds. The number of fused-ring (bicyclic) bond motifs is 1. The van der Waals surface area contributed by atoms with Gasteiger partial charge in [0.05, 0.1) is 5.69 Å². The quantitative estimate of drug-likeness (QED) is 0.375. The van der Waals surface area contributed by atoms with Crippen molar-refractivity contribution in [2.45, 2.75) is 6.54 Å². The number of nitrogens with one attached hydrogen (secondary N) is 1. The number of anilines is 1. The van der Waals surface area contributed by atoms with E-state index in [1.807, 2.05) is 72.9 Å². The lowest BCUT2D eigenvalue weighted by atomic mass is 10.1. The SMILES string of the molecule is O=C1NN(c2ccccc2)C(=O)/C1=C\c1cn(Cc2ccccc2Cl)c2ccccc12. The number of hydrazine groups is 1. The normalized spacial score (nSPS) is 15.1. The van der Waals surface area contributed by atoms with Gasteiger partial charge in [-0.05, 0) is 35.9 Å². The fourth-order valence-electron chi connectivity index (χ4n) is 3.80. The fraction of sp³-hybridized carbons (Fsp3) is 0.0400. The van der Waals surface area contributed by atoms with Crippen LogP contribution < -0.4 is 10.4 Å². The van der Waals surface area contributed by atoms with Crippen molar-refractivity contribution in [2.24, 2.45) is 0 Å².